The van der Waals surface area contributed by atoms with Crippen LogP contribution in [0.4, 0.5) is 11.4 Å². The van der Waals surface area contributed by atoms with Gasteiger partial charge in [0.1, 0.15) is 0 Å². The smallest absolute Gasteiger partial charge is 0.251 e. The summed E-state index contributed by atoms with van der Waals surface area (Å²) >= 11 is 0. The first-order valence-corrected chi connectivity index (χ1v) is 15.5. The molecule has 1 heterocycles. The summed E-state index contributed by atoms with van der Waals surface area (Å²) in [5, 5.41) is 21.2. The Morgan fingerprint density at radius 2 is 1.82 bits per heavy atom. The van der Waals surface area contributed by atoms with E-state index in [4.69, 9.17) is 0 Å². The van der Waals surface area contributed by atoms with Crippen molar-refractivity contribution in [2.75, 3.05) is 35.0 Å². The molecule has 2 aromatic rings. The number of amides is 1. The minimum Gasteiger partial charge on any atom is -0.390 e. The molecule has 2 aliphatic rings. The number of carbonyl (C=O) groups is 1. The zero-order valence-electron chi connectivity index (χ0n) is 23.2. The minimum absolute atomic E-state index is 0. The average Bonchev–Trinajstić information content (AvgIpc) is 3.69. The maximum absolute atomic E-state index is 13.6. The van der Waals surface area contributed by atoms with Gasteiger partial charge in [0, 0.05) is 36.4 Å². The molecule has 10 heteroatoms. The summed E-state index contributed by atoms with van der Waals surface area (Å²) in [5.74, 6) is 0.506. The van der Waals surface area contributed by atoms with Crippen LogP contribution in [-0.2, 0) is 6.42 Å². The number of hydrogen-bond acceptors (Lipinski definition) is 7. The number of anilines is 2. The molecule has 8 nitrogen and oxygen atoms in total. The zero-order valence-corrected chi connectivity index (χ0v) is 24.9. The summed E-state index contributed by atoms with van der Waals surface area (Å²) in [4.78, 5) is 13.6. The average molecular weight is 581 g/mol. The van der Waals surface area contributed by atoms with Crippen LogP contribution in [0.1, 0.15) is 62.4 Å². The van der Waals surface area contributed by atoms with Crippen LogP contribution in [-0.4, -0.2) is 63.2 Å². The summed E-state index contributed by atoms with van der Waals surface area (Å²) in [6, 6.07) is 14.7. The van der Waals surface area contributed by atoms with Gasteiger partial charge in [-0.25, -0.2) is 0 Å². The molecule has 0 bridgehead atoms. The number of halogens is 1. The standard InChI is InChI=1S/C29H44N4O4S.ClH/c1-4-30-24-17-23(18-25(19-24)33-14-8-9-15-38(33,36)37)28(35)32-26(16-22-10-6-5-7-11-22)27(34)20-31-29(12-13-29)21(2)3;/h5-7,10-11,17-19,21,26-27,30-31,34,36-37H,4,8-9,12-16,20H2,1-3H3,(H,32,35);1H/t26-,27-;/m0./s1. The van der Waals surface area contributed by atoms with Crippen molar-refractivity contribution in [3.05, 3.63) is 59.7 Å². The van der Waals surface area contributed by atoms with Gasteiger partial charge in [0.15, 0.2) is 0 Å². The third-order valence-corrected chi connectivity index (χ3v) is 9.80. The van der Waals surface area contributed by atoms with Gasteiger partial charge in [-0.05, 0) is 68.7 Å². The molecular formula is C29H45ClN4O4S. The van der Waals surface area contributed by atoms with Crippen molar-refractivity contribution < 1.29 is 19.0 Å². The Labute approximate surface area is 240 Å². The Bertz CT molecular complexity index is 1080. The van der Waals surface area contributed by atoms with Gasteiger partial charge in [0.25, 0.3) is 5.91 Å². The fraction of sp³-hybridized carbons (Fsp3) is 0.552. The van der Waals surface area contributed by atoms with Crippen molar-refractivity contribution in [3.63, 3.8) is 0 Å². The highest BCUT2D eigenvalue weighted by molar-refractivity contribution is 8.25. The molecule has 1 saturated carbocycles. The Morgan fingerprint density at radius 1 is 1.10 bits per heavy atom. The van der Waals surface area contributed by atoms with E-state index in [1.165, 1.54) is 0 Å². The van der Waals surface area contributed by atoms with Crippen LogP contribution in [0.3, 0.4) is 0 Å². The number of β-amino-alcohol motifs (C(OH)–C–C–N with tert-alkyl or cyclic N) is 1. The highest BCUT2D eigenvalue weighted by Gasteiger charge is 2.45. The molecule has 2 fully saturated rings. The Hall–Kier alpha value is -2.01. The number of aliphatic hydroxyl groups excluding tert-OH is 1. The Kier molecular flexibility index (Phi) is 11.0. The number of rotatable bonds is 12. The number of nitrogens with zero attached hydrogens (tertiary/aromatic N) is 1. The second-order valence-electron chi connectivity index (χ2n) is 11.0. The maximum atomic E-state index is 13.6. The lowest BCUT2D eigenvalue weighted by Crippen LogP contribution is -2.51. The number of nitrogens with one attached hydrogen (secondary N) is 3. The predicted octanol–water partition coefficient (Wildman–Crippen LogP) is 5.29. The molecular weight excluding hydrogens is 536 g/mol. The van der Waals surface area contributed by atoms with Gasteiger partial charge in [0.05, 0.1) is 23.6 Å². The minimum atomic E-state index is -2.92. The highest BCUT2D eigenvalue weighted by atomic mass is 35.5. The summed E-state index contributed by atoms with van der Waals surface area (Å²) in [6.45, 7) is 7.96. The first-order valence-electron chi connectivity index (χ1n) is 13.8. The molecule has 2 aromatic carbocycles. The zero-order chi connectivity index (χ0) is 27.3. The van der Waals surface area contributed by atoms with Gasteiger partial charge in [-0.3, -0.25) is 18.2 Å². The van der Waals surface area contributed by atoms with Gasteiger partial charge < -0.3 is 21.1 Å². The highest BCUT2D eigenvalue weighted by Crippen LogP contribution is 2.50. The van der Waals surface area contributed by atoms with Gasteiger partial charge in [-0.15, -0.1) is 23.2 Å². The lowest BCUT2D eigenvalue weighted by atomic mass is 9.98. The molecule has 39 heavy (non-hydrogen) atoms. The fourth-order valence-electron chi connectivity index (χ4n) is 5.24. The second-order valence-corrected chi connectivity index (χ2v) is 13.1. The number of benzene rings is 2. The Balaban J connectivity index is 0.00000420. The largest absolute Gasteiger partial charge is 0.390 e. The van der Waals surface area contributed by atoms with Crippen LogP contribution in [0.2, 0.25) is 0 Å². The van der Waals surface area contributed by atoms with Gasteiger partial charge in [-0.2, -0.15) is 0 Å². The molecule has 4 rings (SSSR count). The number of hydrogen-bond donors (Lipinski definition) is 6. The van der Waals surface area contributed by atoms with E-state index in [0.29, 0.717) is 49.0 Å². The van der Waals surface area contributed by atoms with Gasteiger partial charge >= 0.3 is 0 Å². The van der Waals surface area contributed by atoms with E-state index in [1.807, 2.05) is 43.3 Å². The van der Waals surface area contributed by atoms with Crippen LogP contribution in [0.25, 0.3) is 0 Å². The molecule has 1 aliphatic heterocycles. The third kappa shape index (κ3) is 8.02. The maximum Gasteiger partial charge on any atom is 0.251 e. The molecule has 218 valence electrons. The SMILES string of the molecule is CCNc1cc(C(=O)N[C@@H](Cc2ccccc2)[C@@H](O)CNC2(C(C)C)CC2)cc(N2CCCCS2(O)O)c1.Cl. The molecule has 0 aromatic heterocycles. The van der Waals surface area contributed by atoms with E-state index >= 15 is 0 Å². The molecule has 0 radical (unpaired) electrons. The van der Waals surface area contributed by atoms with Gasteiger partial charge in [0.2, 0.25) is 0 Å². The van der Waals surface area contributed by atoms with E-state index in [9.17, 15) is 19.0 Å². The van der Waals surface area contributed by atoms with E-state index < -0.39 is 22.9 Å². The summed E-state index contributed by atoms with van der Waals surface area (Å²) < 4.78 is 23.0. The molecule has 0 spiro atoms. The number of aliphatic hydroxyl groups is 1. The van der Waals surface area contributed by atoms with Crippen molar-refractivity contribution in [2.45, 2.75) is 70.6 Å². The van der Waals surface area contributed by atoms with Gasteiger partial charge in [-0.1, -0.05) is 44.2 Å². The second kappa shape index (κ2) is 13.6. The summed E-state index contributed by atoms with van der Waals surface area (Å²) in [7, 11) is -2.92. The van der Waals surface area contributed by atoms with Crippen molar-refractivity contribution in [1.29, 1.82) is 0 Å². The van der Waals surface area contributed by atoms with Crippen molar-refractivity contribution in [3.8, 4) is 0 Å². The predicted molar refractivity (Wildman–Crippen MR) is 164 cm³/mol. The van der Waals surface area contributed by atoms with Crippen LogP contribution in [0.15, 0.2) is 48.5 Å². The first kappa shape index (κ1) is 31.5. The molecule has 2 atom stereocenters. The lowest BCUT2D eigenvalue weighted by Gasteiger charge is -2.47. The summed E-state index contributed by atoms with van der Waals surface area (Å²) in [6.07, 6.45) is 3.55. The molecule has 0 unspecified atom stereocenters. The van der Waals surface area contributed by atoms with E-state index in [2.05, 4.69) is 29.8 Å². The topological polar surface area (TPSA) is 117 Å². The van der Waals surface area contributed by atoms with Crippen LogP contribution in [0, 0.1) is 5.92 Å². The Morgan fingerprint density at radius 3 is 2.44 bits per heavy atom. The fourth-order valence-corrected chi connectivity index (χ4v) is 6.92. The van der Waals surface area contributed by atoms with Crippen LogP contribution < -0.4 is 20.3 Å². The molecule has 1 saturated heterocycles. The number of carbonyl (C=O) groups excluding carboxylic acids is 1. The van der Waals surface area contributed by atoms with Crippen molar-refractivity contribution >= 4 is 40.5 Å². The summed E-state index contributed by atoms with van der Waals surface area (Å²) in [5.41, 5.74) is 2.88. The van der Waals surface area contributed by atoms with Crippen molar-refractivity contribution in [2.24, 2.45) is 5.92 Å². The van der Waals surface area contributed by atoms with E-state index in [-0.39, 0.29) is 23.9 Å². The third-order valence-electron chi connectivity index (χ3n) is 7.87. The molecule has 6 N–H and O–H groups in total. The van der Waals surface area contributed by atoms with Crippen LogP contribution in [0.5, 0.6) is 0 Å². The molecule has 1 aliphatic carbocycles. The monoisotopic (exact) mass is 580 g/mol. The molecule has 1 amide bonds. The van der Waals surface area contributed by atoms with E-state index in [1.54, 1.807) is 16.4 Å². The van der Waals surface area contributed by atoms with Crippen molar-refractivity contribution in [1.82, 2.24) is 10.6 Å². The first-order chi connectivity index (χ1) is 18.1. The van der Waals surface area contributed by atoms with Crippen LogP contribution >= 0.6 is 23.2 Å². The lowest BCUT2D eigenvalue weighted by molar-refractivity contribution is 0.0817. The quantitative estimate of drug-likeness (QED) is 0.202. The normalized spacial score (nSPS) is 19.9. The van der Waals surface area contributed by atoms with E-state index in [0.717, 1.165) is 36.9 Å².